The number of rotatable bonds is 1. The summed E-state index contributed by atoms with van der Waals surface area (Å²) in [6, 6.07) is 9.55. The molecule has 15 heavy (non-hydrogen) atoms. The van der Waals surface area contributed by atoms with Crippen LogP contribution in [0.1, 0.15) is 6.92 Å². The summed E-state index contributed by atoms with van der Waals surface area (Å²) in [5.74, 6) is 1.03. The first-order valence-electron chi connectivity index (χ1n) is 5.01. The number of hydrogen-bond acceptors (Lipinski definition) is 2. The average Bonchev–Trinajstić information content (AvgIpc) is 2.66. The van der Waals surface area contributed by atoms with E-state index < -0.39 is 0 Å². The fraction of sp³-hybridized carbons (Fsp3) is 0.364. The van der Waals surface area contributed by atoms with Crippen molar-refractivity contribution < 1.29 is 4.79 Å². The predicted molar refractivity (Wildman–Crippen MR) is 64.1 cm³/mol. The molecule has 1 heterocycles. The van der Waals surface area contributed by atoms with E-state index in [1.807, 2.05) is 47.0 Å². The Morgan fingerprint density at radius 3 is 2.80 bits per heavy atom. The summed E-state index contributed by atoms with van der Waals surface area (Å²) in [7, 11) is 0. The Bertz CT molecular complexity index is 342. The van der Waals surface area contributed by atoms with E-state index in [4.69, 9.17) is 0 Å². The van der Waals surface area contributed by atoms with Gasteiger partial charge in [0, 0.05) is 18.0 Å². The van der Waals surface area contributed by atoms with Crippen molar-refractivity contribution in [3.63, 3.8) is 0 Å². The number of thioether (sulfide) groups is 1. The van der Waals surface area contributed by atoms with E-state index in [-0.39, 0.29) is 11.4 Å². The van der Waals surface area contributed by atoms with Crippen molar-refractivity contribution in [1.82, 2.24) is 4.90 Å². The van der Waals surface area contributed by atoms with Gasteiger partial charge in [0.25, 0.3) is 0 Å². The van der Waals surface area contributed by atoms with Gasteiger partial charge in [0.1, 0.15) is 0 Å². The van der Waals surface area contributed by atoms with Crippen LogP contribution in [0.25, 0.3) is 0 Å². The number of amides is 2. The number of para-hydroxylation sites is 1. The topological polar surface area (TPSA) is 32.3 Å². The van der Waals surface area contributed by atoms with Crippen LogP contribution in [0.15, 0.2) is 30.3 Å². The summed E-state index contributed by atoms with van der Waals surface area (Å²) in [6.07, 6.45) is 0. The second-order valence-electron chi connectivity index (χ2n) is 3.46. The van der Waals surface area contributed by atoms with Gasteiger partial charge in [0.2, 0.25) is 0 Å². The Morgan fingerprint density at radius 2 is 2.20 bits per heavy atom. The number of nitrogens with one attached hydrogen (secondary N) is 1. The quantitative estimate of drug-likeness (QED) is 0.792. The summed E-state index contributed by atoms with van der Waals surface area (Å²) in [4.78, 5) is 13.7. The van der Waals surface area contributed by atoms with Gasteiger partial charge >= 0.3 is 6.03 Å². The molecule has 1 aliphatic heterocycles. The maximum atomic E-state index is 11.8. The van der Waals surface area contributed by atoms with E-state index in [2.05, 4.69) is 12.2 Å². The maximum absolute atomic E-state index is 11.8. The average molecular weight is 222 g/mol. The molecular weight excluding hydrogens is 208 g/mol. The SMILES string of the molecule is C[C@@H]1SCCN1C(=O)Nc1ccccc1. The van der Waals surface area contributed by atoms with E-state index in [1.165, 1.54) is 0 Å². The van der Waals surface area contributed by atoms with E-state index in [0.717, 1.165) is 18.0 Å². The number of nitrogens with zero attached hydrogens (tertiary/aromatic N) is 1. The minimum Gasteiger partial charge on any atom is -0.312 e. The lowest BCUT2D eigenvalue weighted by Gasteiger charge is -2.20. The minimum absolute atomic E-state index is 0.00120. The highest BCUT2D eigenvalue weighted by atomic mass is 32.2. The van der Waals surface area contributed by atoms with Crippen molar-refractivity contribution in [2.75, 3.05) is 17.6 Å². The van der Waals surface area contributed by atoms with Crippen molar-refractivity contribution in [1.29, 1.82) is 0 Å². The molecule has 1 aromatic rings. The molecule has 80 valence electrons. The van der Waals surface area contributed by atoms with Crippen LogP contribution in [-0.4, -0.2) is 28.6 Å². The molecule has 0 aliphatic carbocycles. The molecule has 0 aromatic heterocycles. The lowest BCUT2D eigenvalue weighted by molar-refractivity contribution is 0.216. The molecule has 3 nitrogen and oxygen atoms in total. The van der Waals surface area contributed by atoms with Crippen molar-refractivity contribution in [3.05, 3.63) is 30.3 Å². The first-order valence-corrected chi connectivity index (χ1v) is 6.06. The number of carbonyl (C=O) groups excluding carboxylic acids is 1. The Hall–Kier alpha value is -1.16. The molecule has 0 spiro atoms. The minimum atomic E-state index is -0.00120. The Labute approximate surface area is 93.8 Å². The van der Waals surface area contributed by atoms with Crippen molar-refractivity contribution in [2.24, 2.45) is 0 Å². The fourth-order valence-electron chi connectivity index (χ4n) is 1.58. The molecule has 1 atom stereocenters. The number of carbonyl (C=O) groups is 1. The van der Waals surface area contributed by atoms with Gasteiger partial charge in [-0.2, -0.15) is 0 Å². The lowest BCUT2D eigenvalue weighted by atomic mass is 10.3. The second kappa shape index (κ2) is 4.57. The maximum Gasteiger partial charge on any atom is 0.322 e. The zero-order valence-corrected chi connectivity index (χ0v) is 9.46. The largest absolute Gasteiger partial charge is 0.322 e. The van der Waals surface area contributed by atoms with Crippen molar-refractivity contribution >= 4 is 23.5 Å². The third-order valence-electron chi connectivity index (χ3n) is 2.42. The fourth-order valence-corrected chi connectivity index (χ4v) is 2.60. The van der Waals surface area contributed by atoms with E-state index in [9.17, 15) is 4.79 Å². The predicted octanol–water partition coefficient (Wildman–Crippen LogP) is 2.61. The molecular formula is C11H14N2OS. The van der Waals surface area contributed by atoms with Crippen LogP contribution in [0.3, 0.4) is 0 Å². The molecule has 1 N–H and O–H groups in total. The normalized spacial score (nSPS) is 20.3. The van der Waals surface area contributed by atoms with Crippen LogP contribution in [0.2, 0.25) is 0 Å². The van der Waals surface area contributed by atoms with E-state index in [0.29, 0.717) is 0 Å². The molecule has 0 saturated carbocycles. The summed E-state index contributed by atoms with van der Waals surface area (Å²) >= 11 is 1.81. The molecule has 1 aliphatic rings. The molecule has 0 unspecified atom stereocenters. The summed E-state index contributed by atoms with van der Waals surface area (Å²) < 4.78 is 0. The number of hydrogen-bond donors (Lipinski definition) is 1. The summed E-state index contributed by atoms with van der Waals surface area (Å²) in [6.45, 7) is 2.90. The first kappa shape index (κ1) is 10.4. The highest BCUT2D eigenvalue weighted by Crippen LogP contribution is 2.23. The van der Waals surface area contributed by atoms with Crippen LogP contribution in [0, 0.1) is 0 Å². The van der Waals surface area contributed by atoms with Crippen LogP contribution in [-0.2, 0) is 0 Å². The molecule has 1 fully saturated rings. The van der Waals surface area contributed by atoms with Crippen LogP contribution >= 0.6 is 11.8 Å². The lowest BCUT2D eigenvalue weighted by Crippen LogP contribution is -2.36. The molecule has 0 radical (unpaired) electrons. The monoisotopic (exact) mass is 222 g/mol. The molecule has 2 amide bonds. The van der Waals surface area contributed by atoms with Gasteiger partial charge in [-0.15, -0.1) is 11.8 Å². The van der Waals surface area contributed by atoms with Crippen LogP contribution in [0.4, 0.5) is 10.5 Å². The third-order valence-corrected chi connectivity index (χ3v) is 3.57. The second-order valence-corrected chi connectivity index (χ2v) is 4.88. The van der Waals surface area contributed by atoms with E-state index >= 15 is 0 Å². The van der Waals surface area contributed by atoms with Crippen molar-refractivity contribution in [2.45, 2.75) is 12.3 Å². The van der Waals surface area contributed by atoms with Crippen molar-refractivity contribution in [3.8, 4) is 0 Å². The highest BCUT2D eigenvalue weighted by molar-refractivity contribution is 8.00. The van der Waals surface area contributed by atoms with Crippen LogP contribution in [0.5, 0.6) is 0 Å². The Balaban J connectivity index is 1.98. The standard InChI is InChI=1S/C11H14N2OS/c1-9-13(7-8-15-9)11(14)12-10-5-3-2-4-6-10/h2-6,9H,7-8H2,1H3,(H,12,14)/t9-/m0/s1. The first-order chi connectivity index (χ1) is 7.27. The molecule has 1 aromatic carbocycles. The molecule has 0 bridgehead atoms. The third kappa shape index (κ3) is 2.45. The number of urea groups is 1. The molecule has 2 rings (SSSR count). The number of benzene rings is 1. The summed E-state index contributed by atoms with van der Waals surface area (Å²) in [5.41, 5.74) is 0.853. The van der Waals surface area contributed by atoms with E-state index in [1.54, 1.807) is 0 Å². The van der Waals surface area contributed by atoms with Gasteiger partial charge in [0.05, 0.1) is 5.37 Å². The van der Waals surface area contributed by atoms with Gasteiger partial charge in [-0.25, -0.2) is 4.79 Å². The Morgan fingerprint density at radius 1 is 1.47 bits per heavy atom. The van der Waals surface area contributed by atoms with Gasteiger partial charge in [-0.1, -0.05) is 18.2 Å². The van der Waals surface area contributed by atoms with Gasteiger partial charge in [-0.05, 0) is 19.1 Å². The smallest absolute Gasteiger partial charge is 0.312 e. The van der Waals surface area contributed by atoms with Crippen LogP contribution < -0.4 is 5.32 Å². The molecule has 1 saturated heterocycles. The van der Waals surface area contributed by atoms with Gasteiger partial charge in [-0.3, -0.25) is 0 Å². The highest BCUT2D eigenvalue weighted by Gasteiger charge is 2.25. The number of anilines is 1. The van der Waals surface area contributed by atoms with Gasteiger partial charge < -0.3 is 10.2 Å². The zero-order valence-electron chi connectivity index (χ0n) is 8.64. The summed E-state index contributed by atoms with van der Waals surface area (Å²) in [5, 5.41) is 3.17. The van der Waals surface area contributed by atoms with Gasteiger partial charge in [0.15, 0.2) is 0 Å². The zero-order chi connectivity index (χ0) is 10.7. The molecule has 4 heteroatoms. The Kier molecular flexibility index (Phi) is 3.16.